The Morgan fingerprint density at radius 3 is 2.05 bits per heavy atom. The van der Waals surface area contributed by atoms with Crippen molar-refractivity contribution in [2.45, 2.75) is 18.9 Å². The van der Waals surface area contributed by atoms with E-state index < -0.39 is 12.5 Å². The lowest BCUT2D eigenvalue weighted by Crippen LogP contribution is -2.28. The Kier molecular flexibility index (Phi) is 3.72. The fraction of sp³-hybridized carbons (Fsp3) is 0.235. The number of hydrogen-bond acceptors (Lipinski definition) is 4. The molecule has 0 bridgehead atoms. The molecule has 4 nitrogen and oxygen atoms in total. The van der Waals surface area contributed by atoms with Crippen LogP contribution in [0.5, 0.6) is 0 Å². The molecule has 2 aromatic rings. The average Bonchev–Trinajstić information content (AvgIpc) is 2.78. The summed E-state index contributed by atoms with van der Waals surface area (Å²) in [6.45, 7) is 0.545. The molecule has 0 fully saturated rings. The van der Waals surface area contributed by atoms with E-state index in [2.05, 4.69) is 6.07 Å². The van der Waals surface area contributed by atoms with Crippen LogP contribution in [0.2, 0.25) is 0 Å². The van der Waals surface area contributed by atoms with Crippen molar-refractivity contribution in [1.29, 1.82) is 5.26 Å². The van der Waals surface area contributed by atoms with E-state index in [9.17, 15) is 10.2 Å². The van der Waals surface area contributed by atoms with Crippen molar-refractivity contribution in [1.82, 2.24) is 4.90 Å². The molecule has 0 amide bonds. The van der Waals surface area contributed by atoms with E-state index in [4.69, 9.17) is 5.26 Å². The van der Waals surface area contributed by atoms with Gasteiger partial charge in [0.1, 0.15) is 12.5 Å². The molecular weight excluding hydrogens is 264 g/mol. The lowest BCUT2D eigenvalue weighted by atomic mass is 10.1. The van der Waals surface area contributed by atoms with E-state index in [0.29, 0.717) is 18.5 Å². The molecule has 0 aliphatic carbocycles. The maximum Gasteiger partial charge on any atom is 0.136 e. The van der Waals surface area contributed by atoms with Gasteiger partial charge in [-0.25, -0.2) is 4.90 Å². The highest BCUT2D eigenvalue weighted by atomic mass is 16.3. The molecule has 1 aliphatic heterocycles. The van der Waals surface area contributed by atoms with E-state index in [-0.39, 0.29) is 0 Å². The predicted molar refractivity (Wildman–Crippen MR) is 77.9 cm³/mol. The van der Waals surface area contributed by atoms with E-state index in [1.807, 2.05) is 36.4 Å². The molecular formula is C17H16N2O2. The number of aliphatic hydroxyl groups excluding tert-OH is 2. The van der Waals surface area contributed by atoms with Crippen molar-refractivity contribution in [2.24, 2.45) is 0 Å². The molecule has 0 saturated heterocycles. The molecule has 2 N–H and O–H groups in total. The van der Waals surface area contributed by atoms with Gasteiger partial charge in [-0.2, -0.15) is 5.26 Å². The smallest absolute Gasteiger partial charge is 0.136 e. The first-order valence-corrected chi connectivity index (χ1v) is 6.90. The first-order chi connectivity index (χ1) is 10.2. The van der Waals surface area contributed by atoms with Crippen LogP contribution in [-0.2, 0) is 6.42 Å². The zero-order valence-electron chi connectivity index (χ0n) is 11.5. The van der Waals surface area contributed by atoms with Crippen LogP contribution in [0.1, 0.15) is 34.7 Å². The number of nitrogens with zero attached hydrogens (tertiary/aromatic N) is 2. The summed E-state index contributed by atoms with van der Waals surface area (Å²) in [5.74, 6) is 0. The highest BCUT2D eigenvalue weighted by Gasteiger charge is 2.35. The molecule has 1 aliphatic rings. The lowest BCUT2D eigenvalue weighted by Gasteiger charge is -2.24. The van der Waals surface area contributed by atoms with Crippen LogP contribution in [0.25, 0.3) is 0 Å². The Balaban J connectivity index is 1.70. The largest absolute Gasteiger partial charge is 0.374 e. The molecule has 0 spiro atoms. The van der Waals surface area contributed by atoms with Gasteiger partial charge in [0.25, 0.3) is 0 Å². The number of benzene rings is 2. The predicted octanol–water partition coefficient (Wildman–Crippen LogP) is 2.10. The zero-order chi connectivity index (χ0) is 14.8. The maximum absolute atomic E-state index is 10.3. The van der Waals surface area contributed by atoms with E-state index in [1.54, 1.807) is 17.0 Å². The summed E-state index contributed by atoms with van der Waals surface area (Å²) < 4.78 is 0. The van der Waals surface area contributed by atoms with E-state index in [0.717, 1.165) is 16.7 Å². The fourth-order valence-corrected chi connectivity index (χ4v) is 2.72. The summed E-state index contributed by atoms with van der Waals surface area (Å²) in [5, 5.41) is 29.4. The Labute approximate surface area is 123 Å². The van der Waals surface area contributed by atoms with Crippen molar-refractivity contribution in [2.75, 3.05) is 6.54 Å². The molecule has 2 atom stereocenters. The quantitative estimate of drug-likeness (QED) is 0.903. The van der Waals surface area contributed by atoms with Gasteiger partial charge in [-0.1, -0.05) is 36.4 Å². The van der Waals surface area contributed by atoms with Crippen LogP contribution < -0.4 is 0 Å². The topological polar surface area (TPSA) is 67.5 Å². The minimum absolute atomic E-state index is 0.545. The fourth-order valence-electron chi connectivity index (χ4n) is 2.72. The minimum atomic E-state index is -0.769. The third-order valence-corrected chi connectivity index (χ3v) is 3.92. The molecule has 21 heavy (non-hydrogen) atoms. The highest BCUT2D eigenvalue weighted by Crippen LogP contribution is 2.38. The summed E-state index contributed by atoms with van der Waals surface area (Å²) in [7, 11) is 0. The number of nitriles is 1. The van der Waals surface area contributed by atoms with Crippen LogP contribution in [0, 0.1) is 11.3 Å². The van der Waals surface area contributed by atoms with Crippen LogP contribution >= 0.6 is 0 Å². The average molecular weight is 280 g/mol. The number of hydrogen-bond donors (Lipinski definition) is 2. The SMILES string of the molecule is N#Cc1ccc(CCN2C(O)c3ccccc3C2O)cc1. The number of aliphatic hydroxyl groups is 2. The monoisotopic (exact) mass is 280 g/mol. The molecule has 1 heterocycles. The van der Waals surface area contributed by atoms with Crippen LogP contribution in [-0.4, -0.2) is 21.7 Å². The van der Waals surface area contributed by atoms with Gasteiger partial charge in [0.15, 0.2) is 0 Å². The van der Waals surface area contributed by atoms with E-state index >= 15 is 0 Å². The Morgan fingerprint density at radius 1 is 0.952 bits per heavy atom. The minimum Gasteiger partial charge on any atom is -0.374 e. The first-order valence-electron chi connectivity index (χ1n) is 6.90. The zero-order valence-corrected chi connectivity index (χ0v) is 11.5. The molecule has 2 aromatic carbocycles. The van der Waals surface area contributed by atoms with Gasteiger partial charge < -0.3 is 10.2 Å². The van der Waals surface area contributed by atoms with Crippen LogP contribution in [0.4, 0.5) is 0 Å². The van der Waals surface area contributed by atoms with Crippen molar-refractivity contribution < 1.29 is 10.2 Å². The van der Waals surface area contributed by atoms with Crippen LogP contribution in [0.3, 0.4) is 0 Å². The van der Waals surface area contributed by atoms with Gasteiger partial charge >= 0.3 is 0 Å². The van der Waals surface area contributed by atoms with Gasteiger partial charge in [0.05, 0.1) is 11.6 Å². The molecule has 0 aromatic heterocycles. The second kappa shape index (κ2) is 5.66. The van der Waals surface area contributed by atoms with Crippen molar-refractivity contribution in [3.63, 3.8) is 0 Å². The van der Waals surface area contributed by atoms with Gasteiger partial charge in [0.2, 0.25) is 0 Å². The summed E-state index contributed by atoms with van der Waals surface area (Å²) in [5.41, 5.74) is 3.24. The summed E-state index contributed by atoms with van der Waals surface area (Å²) >= 11 is 0. The van der Waals surface area contributed by atoms with Gasteiger partial charge in [-0.15, -0.1) is 0 Å². The second-order valence-corrected chi connectivity index (χ2v) is 5.17. The first kappa shape index (κ1) is 13.8. The van der Waals surface area contributed by atoms with Gasteiger partial charge in [0, 0.05) is 17.7 Å². The maximum atomic E-state index is 10.3. The Morgan fingerprint density at radius 2 is 1.52 bits per heavy atom. The third kappa shape index (κ3) is 2.55. The standard InChI is InChI=1S/C17H16N2O2/c18-11-13-7-5-12(6-8-13)9-10-19-16(20)14-3-1-2-4-15(14)17(19)21/h1-8,16-17,20-21H,9-10H2. The third-order valence-electron chi connectivity index (χ3n) is 3.92. The van der Waals surface area contributed by atoms with Gasteiger partial charge in [-0.05, 0) is 24.1 Å². The molecule has 4 heteroatoms. The molecule has 2 unspecified atom stereocenters. The molecule has 0 saturated carbocycles. The molecule has 0 radical (unpaired) electrons. The summed E-state index contributed by atoms with van der Waals surface area (Å²) in [4.78, 5) is 1.67. The second-order valence-electron chi connectivity index (χ2n) is 5.17. The van der Waals surface area contributed by atoms with Gasteiger partial charge in [-0.3, -0.25) is 0 Å². The van der Waals surface area contributed by atoms with Crippen molar-refractivity contribution in [3.8, 4) is 6.07 Å². The number of rotatable bonds is 3. The van der Waals surface area contributed by atoms with Crippen molar-refractivity contribution in [3.05, 3.63) is 70.8 Å². The summed E-state index contributed by atoms with van der Waals surface area (Å²) in [6.07, 6.45) is -0.836. The summed E-state index contributed by atoms with van der Waals surface area (Å²) in [6, 6.07) is 16.8. The number of fused-ring (bicyclic) bond motifs is 1. The van der Waals surface area contributed by atoms with E-state index in [1.165, 1.54) is 0 Å². The lowest BCUT2D eigenvalue weighted by molar-refractivity contribution is -0.0834. The Bertz CT molecular complexity index is 647. The normalized spacial score (nSPS) is 21.0. The molecule has 106 valence electrons. The van der Waals surface area contributed by atoms with Crippen molar-refractivity contribution >= 4 is 0 Å². The Hall–Kier alpha value is -2.19. The molecule has 3 rings (SSSR count). The van der Waals surface area contributed by atoms with Crippen LogP contribution in [0.15, 0.2) is 48.5 Å². The highest BCUT2D eigenvalue weighted by molar-refractivity contribution is 5.35.